The van der Waals surface area contributed by atoms with Crippen molar-refractivity contribution in [3.05, 3.63) is 58.4 Å². The fraction of sp³-hybridized carbons (Fsp3) is 0.333. The fourth-order valence-corrected chi connectivity index (χ4v) is 3.26. The highest BCUT2D eigenvalue weighted by molar-refractivity contribution is 5.77. The van der Waals surface area contributed by atoms with Crippen LogP contribution in [0.2, 0.25) is 0 Å². The molecular formula is C18H19N5O2. The van der Waals surface area contributed by atoms with Crippen LogP contribution in [0.15, 0.2) is 41.6 Å². The van der Waals surface area contributed by atoms with Gasteiger partial charge in [0.05, 0.1) is 23.4 Å². The highest BCUT2D eigenvalue weighted by atomic mass is 16.2. The van der Waals surface area contributed by atoms with Crippen molar-refractivity contribution in [2.24, 2.45) is 0 Å². The molecule has 2 aromatic heterocycles. The van der Waals surface area contributed by atoms with Gasteiger partial charge in [0.15, 0.2) is 0 Å². The third kappa shape index (κ3) is 3.05. The number of para-hydroxylation sites is 1. The second-order valence-corrected chi connectivity index (χ2v) is 6.30. The summed E-state index contributed by atoms with van der Waals surface area (Å²) in [6, 6.07) is 7.30. The van der Waals surface area contributed by atoms with Gasteiger partial charge in [-0.2, -0.15) is 5.10 Å². The van der Waals surface area contributed by atoms with Crippen LogP contribution >= 0.6 is 0 Å². The summed E-state index contributed by atoms with van der Waals surface area (Å²) in [6.45, 7) is 1.82. The van der Waals surface area contributed by atoms with E-state index in [1.54, 1.807) is 23.2 Å². The highest BCUT2D eigenvalue weighted by Gasteiger charge is 2.21. The predicted octanol–water partition coefficient (Wildman–Crippen LogP) is 1.48. The van der Waals surface area contributed by atoms with Gasteiger partial charge in [0.2, 0.25) is 5.91 Å². The van der Waals surface area contributed by atoms with Crippen molar-refractivity contribution < 1.29 is 4.79 Å². The molecular weight excluding hydrogens is 318 g/mol. The Labute approximate surface area is 144 Å². The van der Waals surface area contributed by atoms with Crippen LogP contribution in [0.3, 0.4) is 0 Å². The molecule has 0 saturated carbocycles. The van der Waals surface area contributed by atoms with Crippen molar-refractivity contribution in [1.82, 2.24) is 24.6 Å². The van der Waals surface area contributed by atoms with Crippen molar-refractivity contribution in [3.63, 3.8) is 0 Å². The van der Waals surface area contributed by atoms with Crippen LogP contribution in [0.25, 0.3) is 10.9 Å². The largest absolute Gasteiger partial charge is 0.338 e. The molecule has 1 N–H and O–H groups in total. The molecule has 0 atom stereocenters. The molecule has 7 nitrogen and oxygen atoms in total. The quantitative estimate of drug-likeness (QED) is 0.782. The van der Waals surface area contributed by atoms with E-state index in [0.717, 1.165) is 17.7 Å². The number of aromatic nitrogens is 4. The smallest absolute Gasteiger partial charge is 0.261 e. The number of nitrogens with one attached hydrogen (secondary N) is 1. The summed E-state index contributed by atoms with van der Waals surface area (Å²) in [4.78, 5) is 31.0. The Balaban J connectivity index is 1.37. The Morgan fingerprint density at radius 1 is 1.28 bits per heavy atom. The molecule has 0 fully saturated rings. The van der Waals surface area contributed by atoms with Gasteiger partial charge in [0, 0.05) is 43.7 Å². The van der Waals surface area contributed by atoms with Gasteiger partial charge in [0.25, 0.3) is 5.56 Å². The first kappa shape index (κ1) is 15.6. The van der Waals surface area contributed by atoms with Gasteiger partial charge in [-0.1, -0.05) is 12.1 Å². The maximum absolute atomic E-state index is 12.4. The Morgan fingerprint density at radius 3 is 3.08 bits per heavy atom. The Bertz CT molecular complexity index is 975. The number of benzene rings is 1. The molecule has 128 valence electrons. The summed E-state index contributed by atoms with van der Waals surface area (Å²) in [5.74, 6) is 0.119. The first-order chi connectivity index (χ1) is 12.2. The van der Waals surface area contributed by atoms with E-state index in [9.17, 15) is 9.59 Å². The van der Waals surface area contributed by atoms with E-state index in [4.69, 9.17) is 0 Å². The van der Waals surface area contributed by atoms with Crippen molar-refractivity contribution >= 4 is 16.8 Å². The summed E-state index contributed by atoms with van der Waals surface area (Å²) in [6.07, 6.45) is 5.21. The molecule has 0 bridgehead atoms. The molecule has 3 heterocycles. The molecule has 3 aromatic rings. The zero-order chi connectivity index (χ0) is 17.2. The van der Waals surface area contributed by atoms with E-state index < -0.39 is 0 Å². The molecule has 0 spiro atoms. The molecule has 0 unspecified atom stereocenters. The van der Waals surface area contributed by atoms with Gasteiger partial charge in [-0.3, -0.25) is 19.3 Å². The summed E-state index contributed by atoms with van der Waals surface area (Å²) < 4.78 is 1.58. The maximum atomic E-state index is 12.4. The lowest BCUT2D eigenvalue weighted by Gasteiger charge is -2.26. The van der Waals surface area contributed by atoms with Crippen LogP contribution in [0, 0.1) is 0 Å². The van der Waals surface area contributed by atoms with E-state index in [0.29, 0.717) is 43.4 Å². The Morgan fingerprint density at radius 2 is 2.16 bits per heavy atom. The number of fused-ring (bicyclic) bond motifs is 2. The number of nitrogens with zero attached hydrogens (tertiary/aromatic N) is 4. The lowest BCUT2D eigenvalue weighted by molar-refractivity contribution is -0.132. The van der Waals surface area contributed by atoms with Gasteiger partial charge in [0.1, 0.15) is 0 Å². The third-order valence-corrected chi connectivity index (χ3v) is 4.67. The molecule has 0 saturated heterocycles. The number of carbonyl (C=O) groups excluding carboxylic acids is 1. The number of hydrogen-bond acceptors (Lipinski definition) is 4. The Hall–Kier alpha value is -2.96. The van der Waals surface area contributed by atoms with Crippen molar-refractivity contribution in [1.29, 1.82) is 0 Å². The zero-order valence-corrected chi connectivity index (χ0v) is 13.8. The molecule has 1 aliphatic rings. The SMILES string of the molecule is O=C(CCCn1cnc2ccccc2c1=O)N1CCc2[nH]ncc2C1. The topological polar surface area (TPSA) is 83.9 Å². The zero-order valence-electron chi connectivity index (χ0n) is 13.8. The third-order valence-electron chi connectivity index (χ3n) is 4.67. The van der Waals surface area contributed by atoms with Crippen LogP contribution in [0.1, 0.15) is 24.1 Å². The second kappa shape index (κ2) is 6.51. The van der Waals surface area contributed by atoms with E-state index in [2.05, 4.69) is 15.2 Å². The number of H-pyrrole nitrogens is 1. The molecule has 1 aromatic carbocycles. The molecule has 25 heavy (non-hydrogen) atoms. The Kier molecular flexibility index (Phi) is 4.05. The molecule has 0 aliphatic carbocycles. The van der Waals surface area contributed by atoms with E-state index >= 15 is 0 Å². The molecule has 4 rings (SSSR count). The van der Waals surface area contributed by atoms with Gasteiger partial charge in [-0.25, -0.2) is 4.98 Å². The average molecular weight is 337 g/mol. The normalized spacial score (nSPS) is 13.8. The lowest BCUT2D eigenvalue weighted by atomic mass is 10.1. The van der Waals surface area contributed by atoms with Crippen molar-refractivity contribution in [3.8, 4) is 0 Å². The van der Waals surface area contributed by atoms with Crippen LogP contribution in [0.5, 0.6) is 0 Å². The summed E-state index contributed by atoms with van der Waals surface area (Å²) in [5.41, 5.74) is 2.86. The monoisotopic (exact) mass is 337 g/mol. The minimum atomic E-state index is -0.0564. The first-order valence-electron chi connectivity index (χ1n) is 8.45. The van der Waals surface area contributed by atoms with Gasteiger partial charge >= 0.3 is 0 Å². The first-order valence-corrected chi connectivity index (χ1v) is 8.45. The predicted molar refractivity (Wildman–Crippen MR) is 92.9 cm³/mol. The van der Waals surface area contributed by atoms with Crippen molar-refractivity contribution in [2.45, 2.75) is 32.4 Å². The molecule has 1 amide bonds. The lowest BCUT2D eigenvalue weighted by Crippen LogP contribution is -2.35. The van der Waals surface area contributed by atoms with E-state index in [1.807, 2.05) is 23.1 Å². The molecule has 1 aliphatic heterocycles. The van der Waals surface area contributed by atoms with Crippen LogP contribution in [-0.4, -0.2) is 37.1 Å². The van der Waals surface area contributed by atoms with Crippen molar-refractivity contribution in [2.75, 3.05) is 6.54 Å². The number of aromatic amines is 1. The van der Waals surface area contributed by atoms with Gasteiger partial charge < -0.3 is 4.90 Å². The van der Waals surface area contributed by atoms with Gasteiger partial charge in [-0.15, -0.1) is 0 Å². The maximum Gasteiger partial charge on any atom is 0.261 e. The average Bonchev–Trinajstić information content (AvgIpc) is 3.11. The minimum Gasteiger partial charge on any atom is -0.338 e. The molecule has 0 radical (unpaired) electrons. The summed E-state index contributed by atoms with van der Waals surface area (Å²) in [7, 11) is 0. The van der Waals surface area contributed by atoms with Crippen LogP contribution in [0.4, 0.5) is 0 Å². The number of carbonyl (C=O) groups is 1. The number of rotatable bonds is 4. The number of amides is 1. The van der Waals surface area contributed by atoms with Crippen LogP contribution < -0.4 is 5.56 Å². The molecule has 7 heteroatoms. The fourth-order valence-electron chi connectivity index (χ4n) is 3.26. The second-order valence-electron chi connectivity index (χ2n) is 6.30. The highest BCUT2D eigenvalue weighted by Crippen LogP contribution is 2.17. The van der Waals surface area contributed by atoms with Gasteiger partial charge in [-0.05, 0) is 18.6 Å². The number of hydrogen-bond donors (Lipinski definition) is 1. The standard InChI is InChI=1S/C18H19N5O2/c24-17(22-9-7-15-13(11-22)10-20-21-15)6-3-8-23-12-19-16-5-2-1-4-14(16)18(23)25/h1-2,4-5,10,12H,3,6-9,11H2,(H,20,21). The minimum absolute atomic E-state index is 0.0564. The van der Waals surface area contributed by atoms with E-state index in [1.165, 1.54) is 0 Å². The van der Waals surface area contributed by atoms with E-state index in [-0.39, 0.29) is 11.5 Å². The summed E-state index contributed by atoms with van der Waals surface area (Å²) in [5, 5.41) is 7.61. The number of aryl methyl sites for hydroxylation is 1. The summed E-state index contributed by atoms with van der Waals surface area (Å²) >= 11 is 0. The van der Waals surface area contributed by atoms with Crippen LogP contribution in [-0.2, 0) is 24.3 Å².